The number of halogens is 2. The van der Waals surface area contributed by atoms with E-state index >= 15 is 0 Å². The molecule has 2 nitrogen and oxygen atoms in total. The van der Waals surface area contributed by atoms with Gasteiger partial charge in [0.05, 0.1) is 4.90 Å². The first-order valence-electron chi connectivity index (χ1n) is 7.11. The summed E-state index contributed by atoms with van der Waals surface area (Å²) < 4.78 is 52.1. The molecule has 0 aliphatic heterocycles. The van der Waals surface area contributed by atoms with Gasteiger partial charge in [0.15, 0.2) is 0 Å². The van der Waals surface area contributed by atoms with Crippen molar-refractivity contribution < 1.29 is 17.2 Å². The van der Waals surface area contributed by atoms with Crippen molar-refractivity contribution in [2.75, 3.05) is 0 Å². The van der Waals surface area contributed by atoms with Crippen molar-refractivity contribution in [2.45, 2.75) is 55.1 Å². The van der Waals surface area contributed by atoms with Crippen molar-refractivity contribution in [1.82, 2.24) is 0 Å². The van der Waals surface area contributed by atoms with Crippen molar-refractivity contribution >= 4 is 9.84 Å². The Morgan fingerprint density at radius 1 is 1.05 bits per heavy atom. The molecule has 0 heterocycles. The molecule has 1 saturated carbocycles. The zero-order chi connectivity index (χ0) is 14.6. The van der Waals surface area contributed by atoms with Crippen LogP contribution in [0.15, 0.2) is 35.2 Å². The lowest BCUT2D eigenvalue weighted by Gasteiger charge is -2.24. The van der Waals surface area contributed by atoms with Crippen LogP contribution < -0.4 is 0 Å². The van der Waals surface area contributed by atoms with Crippen molar-refractivity contribution in [3.8, 4) is 0 Å². The van der Waals surface area contributed by atoms with E-state index in [2.05, 4.69) is 0 Å². The fraction of sp³-hybridized carbons (Fsp3) is 0.600. The zero-order valence-electron chi connectivity index (χ0n) is 11.4. The Morgan fingerprint density at radius 3 is 2.25 bits per heavy atom. The summed E-state index contributed by atoms with van der Waals surface area (Å²) in [5.41, 5.74) is 0. The average Bonchev–Trinajstić information content (AvgIpc) is 2.47. The smallest absolute Gasteiger partial charge is 0.217 e. The Kier molecular flexibility index (Phi) is 4.78. The van der Waals surface area contributed by atoms with Gasteiger partial charge >= 0.3 is 5.25 Å². The second-order valence-corrected chi connectivity index (χ2v) is 7.57. The number of hydrogen-bond acceptors (Lipinski definition) is 2. The number of sulfone groups is 1. The number of benzene rings is 1. The van der Waals surface area contributed by atoms with Crippen LogP contribution in [0.1, 0.15) is 44.9 Å². The Balaban J connectivity index is 2.05. The lowest BCUT2D eigenvalue weighted by Crippen LogP contribution is -2.29. The lowest BCUT2D eigenvalue weighted by atomic mass is 9.86. The van der Waals surface area contributed by atoms with Gasteiger partial charge in [0.1, 0.15) is 0 Å². The topological polar surface area (TPSA) is 34.1 Å². The zero-order valence-corrected chi connectivity index (χ0v) is 12.2. The minimum atomic E-state index is -4.57. The molecule has 0 N–H and O–H groups in total. The molecule has 0 aromatic heterocycles. The summed E-state index contributed by atoms with van der Waals surface area (Å²) in [6, 6.07) is 6.99. The Labute approximate surface area is 119 Å². The van der Waals surface area contributed by atoms with Crippen LogP contribution in [0.2, 0.25) is 0 Å². The molecule has 1 aliphatic carbocycles. The number of hydrogen-bond donors (Lipinski definition) is 0. The molecule has 0 spiro atoms. The first-order valence-corrected chi connectivity index (χ1v) is 8.59. The number of rotatable bonds is 5. The third-order valence-electron chi connectivity index (χ3n) is 4.02. The molecule has 0 radical (unpaired) electrons. The van der Waals surface area contributed by atoms with Gasteiger partial charge in [-0.25, -0.2) is 8.42 Å². The van der Waals surface area contributed by atoms with Gasteiger partial charge in [-0.05, 0) is 24.5 Å². The normalized spacial score (nSPS) is 18.1. The third-order valence-corrected chi connectivity index (χ3v) is 5.90. The van der Waals surface area contributed by atoms with Gasteiger partial charge in [-0.3, -0.25) is 0 Å². The Bertz CT molecular complexity index is 520. The quantitative estimate of drug-likeness (QED) is 0.807. The highest BCUT2D eigenvalue weighted by Crippen LogP contribution is 2.36. The molecular formula is C15H20F2O2S. The molecule has 0 saturated heterocycles. The first-order chi connectivity index (χ1) is 9.43. The van der Waals surface area contributed by atoms with Gasteiger partial charge in [-0.15, -0.1) is 0 Å². The minimum Gasteiger partial charge on any atom is -0.217 e. The van der Waals surface area contributed by atoms with Crippen LogP contribution in [-0.4, -0.2) is 13.7 Å². The van der Waals surface area contributed by atoms with Gasteiger partial charge < -0.3 is 0 Å². The lowest BCUT2D eigenvalue weighted by molar-refractivity contribution is 0.0714. The molecule has 0 amide bonds. The SMILES string of the molecule is O=S(=O)(c1ccccc1)C(F)(F)CCC1CCCCC1. The highest BCUT2D eigenvalue weighted by molar-refractivity contribution is 7.92. The summed E-state index contributed by atoms with van der Waals surface area (Å²) in [6.45, 7) is 0. The van der Waals surface area contributed by atoms with E-state index in [4.69, 9.17) is 0 Å². The molecule has 2 rings (SSSR count). The molecule has 0 atom stereocenters. The van der Waals surface area contributed by atoms with E-state index in [0.717, 1.165) is 32.1 Å². The predicted molar refractivity (Wildman–Crippen MR) is 74.4 cm³/mol. The molecule has 1 fully saturated rings. The molecule has 5 heteroatoms. The monoisotopic (exact) mass is 302 g/mol. The number of alkyl halides is 2. The van der Waals surface area contributed by atoms with Crippen LogP contribution in [0.3, 0.4) is 0 Å². The second-order valence-electron chi connectivity index (χ2n) is 5.50. The maximum atomic E-state index is 14.1. The molecule has 1 aliphatic rings. The fourth-order valence-corrected chi connectivity index (χ4v) is 4.00. The molecule has 0 unspecified atom stereocenters. The molecule has 0 bridgehead atoms. The van der Waals surface area contributed by atoms with Crippen molar-refractivity contribution in [3.63, 3.8) is 0 Å². The van der Waals surface area contributed by atoms with E-state index in [0.29, 0.717) is 6.42 Å². The van der Waals surface area contributed by atoms with Gasteiger partial charge in [-0.2, -0.15) is 8.78 Å². The largest absolute Gasteiger partial charge is 0.350 e. The van der Waals surface area contributed by atoms with Crippen LogP contribution in [0.5, 0.6) is 0 Å². The van der Waals surface area contributed by atoms with Crippen LogP contribution in [0.4, 0.5) is 8.78 Å². The van der Waals surface area contributed by atoms with Crippen molar-refractivity contribution in [1.29, 1.82) is 0 Å². The molecule has 1 aromatic rings. The molecule has 1 aromatic carbocycles. The van der Waals surface area contributed by atoms with Crippen LogP contribution in [0.25, 0.3) is 0 Å². The van der Waals surface area contributed by atoms with Gasteiger partial charge in [0.2, 0.25) is 9.84 Å². The van der Waals surface area contributed by atoms with Crippen molar-refractivity contribution in [3.05, 3.63) is 30.3 Å². The van der Waals surface area contributed by atoms with E-state index in [9.17, 15) is 17.2 Å². The first kappa shape index (κ1) is 15.4. The standard InChI is InChI=1S/C15H20F2O2S/c16-15(17,12-11-13-7-3-1-4-8-13)20(18,19)14-9-5-2-6-10-14/h2,5-6,9-10,13H,1,3-4,7-8,11-12H2. The summed E-state index contributed by atoms with van der Waals surface area (Å²) in [5, 5.41) is -3.67. The predicted octanol–water partition coefficient (Wildman–Crippen LogP) is 4.41. The Hall–Kier alpha value is -0.970. The van der Waals surface area contributed by atoms with E-state index in [1.807, 2.05) is 0 Å². The molecular weight excluding hydrogens is 282 g/mol. The third kappa shape index (κ3) is 3.37. The summed E-state index contributed by atoms with van der Waals surface area (Å²) in [4.78, 5) is -0.298. The van der Waals surface area contributed by atoms with Crippen molar-refractivity contribution in [2.24, 2.45) is 5.92 Å². The highest BCUT2D eigenvalue weighted by atomic mass is 32.2. The maximum Gasteiger partial charge on any atom is 0.350 e. The molecule has 20 heavy (non-hydrogen) atoms. The van der Waals surface area contributed by atoms with Crippen LogP contribution in [-0.2, 0) is 9.84 Å². The van der Waals surface area contributed by atoms with Gasteiger partial charge in [0.25, 0.3) is 0 Å². The van der Waals surface area contributed by atoms with Gasteiger partial charge in [0, 0.05) is 6.42 Å². The van der Waals surface area contributed by atoms with Crippen LogP contribution in [0, 0.1) is 5.92 Å². The summed E-state index contributed by atoms with van der Waals surface area (Å²) in [7, 11) is -4.57. The maximum absolute atomic E-state index is 14.1. The molecule has 112 valence electrons. The summed E-state index contributed by atoms with van der Waals surface area (Å²) in [6.07, 6.45) is 4.91. The van der Waals surface area contributed by atoms with E-state index < -0.39 is 21.5 Å². The van der Waals surface area contributed by atoms with E-state index in [1.54, 1.807) is 6.07 Å². The Morgan fingerprint density at radius 2 is 1.65 bits per heavy atom. The summed E-state index contributed by atoms with van der Waals surface area (Å²) in [5.74, 6) is 0.251. The van der Waals surface area contributed by atoms with Gasteiger partial charge in [-0.1, -0.05) is 50.3 Å². The van der Waals surface area contributed by atoms with E-state index in [1.165, 1.54) is 24.3 Å². The summed E-state index contributed by atoms with van der Waals surface area (Å²) >= 11 is 0. The second kappa shape index (κ2) is 6.20. The average molecular weight is 302 g/mol. The van der Waals surface area contributed by atoms with Crippen LogP contribution >= 0.6 is 0 Å². The minimum absolute atomic E-state index is 0.251. The highest BCUT2D eigenvalue weighted by Gasteiger charge is 2.45. The fourth-order valence-electron chi connectivity index (χ4n) is 2.75. The van der Waals surface area contributed by atoms with E-state index in [-0.39, 0.29) is 10.8 Å².